The van der Waals surface area contributed by atoms with E-state index in [0.29, 0.717) is 28.5 Å². The van der Waals surface area contributed by atoms with Crippen LogP contribution in [0.5, 0.6) is 5.75 Å². The fourth-order valence-electron chi connectivity index (χ4n) is 2.44. The molecule has 0 aliphatic rings. The quantitative estimate of drug-likeness (QED) is 0.351. The first-order valence-electron chi connectivity index (χ1n) is 8.57. The van der Waals surface area contributed by atoms with E-state index in [4.69, 9.17) is 16.3 Å². The van der Waals surface area contributed by atoms with E-state index in [-0.39, 0.29) is 5.69 Å². The summed E-state index contributed by atoms with van der Waals surface area (Å²) in [4.78, 5) is 22.6. The molecule has 3 aromatic rings. The molecule has 0 heterocycles. The van der Waals surface area contributed by atoms with Crippen LogP contribution in [0.1, 0.15) is 21.5 Å². The van der Waals surface area contributed by atoms with Crippen LogP contribution in [-0.4, -0.2) is 17.0 Å². The highest BCUT2D eigenvalue weighted by molar-refractivity contribution is 6.30. The minimum Gasteiger partial charge on any atom is -0.489 e. The molecular weight excluding hydrogens is 394 g/mol. The number of nitrogens with zero attached hydrogens (tertiary/aromatic N) is 2. The number of benzene rings is 3. The van der Waals surface area contributed by atoms with E-state index < -0.39 is 10.8 Å². The Morgan fingerprint density at radius 3 is 2.45 bits per heavy atom. The number of carbonyl (C=O) groups is 1. The van der Waals surface area contributed by atoms with Crippen LogP contribution in [0.4, 0.5) is 5.69 Å². The van der Waals surface area contributed by atoms with Crippen molar-refractivity contribution in [1.82, 2.24) is 5.43 Å². The van der Waals surface area contributed by atoms with Crippen molar-refractivity contribution in [2.24, 2.45) is 5.10 Å². The summed E-state index contributed by atoms with van der Waals surface area (Å²) < 4.78 is 5.67. The highest BCUT2D eigenvalue weighted by Gasteiger charge is 2.10. The standard InChI is InChI=1S/C21H16ClN3O4/c22-18-9-5-15(6-10-18)14-29-19-11-7-16(8-12-19)21(26)24-23-13-17-3-1-2-4-20(17)25(27)28/h1-13H,14H2,(H,24,26). The summed E-state index contributed by atoms with van der Waals surface area (Å²) in [6, 6.07) is 20.0. The molecular formula is C21H16ClN3O4. The third-order valence-electron chi connectivity index (χ3n) is 3.94. The zero-order valence-corrected chi connectivity index (χ0v) is 15.9. The summed E-state index contributed by atoms with van der Waals surface area (Å²) in [7, 11) is 0. The van der Waals surface area contributed by atoms with Gasteiger partial charge in [0.1, 0.15) is 12.4 Å². The smallest absolute Gasteiger partial charge is 0.278 e. The van der Waals surface area contributed by atoms with Crippen molar-refractivity contribution >= 4 is 29.4 Å². The zero-order valence-electron chi connectivity index (χ0n) is 15.1. The number of amides is 1. The van der Waals surface area contributed by atoms with Crippen molar-refractivity contribution in [3.63, 3.8) is 0 Å². The molecule has 0 saturated heterocycles. The molecule has 0 aliphatic heterocycles. The number of nitro groups is 1. The Morgan fingerprint density at radius 2 is 1.76 bits per heavy atom. The Kier molecular flexibility index (Phi) is 6.55. The first-order chi connectivity index (χ1) is 14.0. The Labute approximate surface area is 171 Å². The minimum absolute atomic E-state index is 0.0901. The van der Waals surface area contributed by atoms with Gasteiger partial charge in [-0.3, -0.25) is 14.9 Å². The Morgan fingerprint density at radius 1 is 1.07 bits per heavy atom. The predicted molar refractivity (Wildman–Crippen MR) is 110 cm³/mol. The van der Waals surface area contributed by atoms with Crippen molar-refractivity contribution in [2.75, 3.05) is 0 Å². The number of rotatable bonds is 7. The molecule has 0 atom stereocenters. The second-order valence-corrected chi connectivity index (χ2v) is 6.39. The summed E-state index contributed by atoms with van der Waals surface area (Å²) >= 11 is 5.85. The topological polar surface area (TPSA) is 93.8 Å². The fraction of sp³-hybridized carbons (Fsp3) is 0.0476. The van der Waals surface area contributed by atoms with Gasteiger partial charge in [-0.1, -0.05) is 35.9 Å². The summed E-state index contributed by atoms with van der Waals surface area (Å²) in [6.07, 6.45) is 1.24. The van der Waals surface area contributed by atoms with Crippen LogP contribution in [0.15, 0.2) is 77.9 Å². The van der Waals surface area contributed by atoms with Crippen molar-refractivity contribution in [3.8, 4) is 5.75 Å². The lowest BCUT2D eigenvalue weighted by Gasteiger charge is -2.07. The van der Waals surface area contributed by atoms with E-state index >= 15 is 0 Å². The van der Waals surface area contributed by atoms with Gasteiger partial charge in [0.15, 0.2) is 0 Å². The van der Waals surface area contributed by atoms with Gasteiger partial charge in [0.2, 0.25) is 0 Å². The number of hydrogen-bond donors (Lipinski definition) is 1. The molecule has 0 spiro atoms. The molecule has 3 aromatic carbocycles. The van der Waals surface area contributed by atoms with Gasteiger partial charge in [0, 0.05) is 16.7 Å². The number of carbonyl (C=O) groups excluding carboxylic acids is 1. The molecule has 8 heteroatoms. The van der Waals surface area contributed by atoms with E-state index in [1.54, 1.807) is 54.6 Å². The van der Waals surface area contributed by atoms with E-state index in [2.05, 4.69) is 10.5 Å². The lowest BCUT2D eigenvalue weighted by atomic mass is 10.2. The Bertz CT molecular complexity index is 1030. The molecule has 29 heavy (non-hydrogen) atoms. The minimum atomic E-state index is -0.508. The molecule has 1 N–H and O–H groups in total. The van der Waals surface area contributed by atoms with Crippen LogP contribution in [0.2, 0.25) is 5.02 Å². The van der Waals surface area contributed by atoms with Crippen molar-refractivity contribution in [1.29, 1.82) is 0 Å². The molecule has 0 aliphatic carbocycles. The first kappa shape index (κ1) is 20.0. The van der Waals surface area contributed by atoms with Gasteiger partial charge in [-0.2, -0.15) is 5.10 Å². The number of halogens is 1. The molecule has 3 rings (SSSR count). The molecule has 0 aromatic heterocycles. The molecule has 0 unspecified atom stereocenters. The van der Waals surface area contributed by atoms with Gasteiger partial charge in [-0.15, -0.1) is 0 Å². The average molecular weight is 410 g/mol. The molecule has 0 fully saturated rings. The molecule has 7 nitrogen and oxygen atoms in total. The number of hydrogen-bond acceptors (Lipinski definition) is 5. The van der Waals surface area contributed by atoms with Gasteiger partial charge in [0.25, 0.3) is 11.6 Å². The molecule has 0 bridgehead atoms. The Hall–Kier alpha value is -3.71. The van der Waals surface area contributed by atoms with Gasteiger partial charge < -0.3 is 4.74 Å². The van der Waals surface area contributed by atoms with Gasteiger partial charge in [-0.25, -0.2) is 5.43 Å². The predicted octanol–water partition coefficient (Wildman–Crippen LogP) is 4.59. The van der Waals surface area contributed by atoms with Gasteiger partial charge in [-0.05, 0) is 48.0 Å². The number of nitro benzene ring substituents is 1. The SMILES string of the molecule is O=C(NN=Cc1ccccc1[N+](=O)[O-])c1ccc(OCc2ccc(Cl)cc2)cc1. The maximum Gasteiger partial charge on any atom is 0.278 e. The van der Waals surface area contributed by atoms with Crippen LogP contribution < -0.4 is 10.2 Å². The van der Waals surface area contributed by atoms with Crippen LogP contribution in [0.25, 0.3) is 0 Å². The van der Waals surface area contributed by atoms with E-state index in [9.17, 15) is 14.9 Å². The Balaban J connectivity index is 1.56. The van der Waals surface area contributed by atoms with Crippen LogP contribution in [0, 0.1) is 10.1 Å². The number of nitrogens with one attached hydrogen (secondary N) is 1. The summed E-state index contributed by atoms with van der Waals surface area (Å²) in [5.41, 5.74) is 3.91. The van der Waals surface area contributed by atoms with Gasteiger partial charge in [0.05, 0.1) is 16.7 Å². The number of para-hydroxylation sites is 1. The third-order valence-corrected chi connectivity index (χ3v) is 4.19. The average Bonchev–Trinajstić information content (AvgIpc) is 2.74. The van der Waals surface area contributed by atoms with Crippen molar-refractivity contribution in [2.45, 2.75) is 6.61 Å². The van der Waals surface area contributed by atoms with Crippen molar-refractivity contribution < 1.29 is 14.5 Å². The highest BCUT2D eigenvalue weighted by Crippen LogP contribution is 2.17. The molecule has 146 valence electrons. The van der Waals surface area contributed by atoms with Crippen LogP contribution in [-0.2, 0) is 6.61 Å². The highest BCUT2D eigenvalue weighted by atomic mass is 35.5. The molecule has 0 radical (unpaired) electrons. The maximum absolute atomic E-state index is 12.2. The van der Waals surface area contributed by atoms with Crippen LogP contribution >= 0.6 is 11.6 Å². The lowest BCUT2D eigenvalue weighted by Crippen LogP contribution is -2.17. The van der Waals surface area contributed by atoms with E-state index in [1.807, 2.05) is 12.1 Å². The van der Waals surface area contributed by atoms with E-state index in [0.717, 1.165) is 5.56 Å². The first-order valence-corrected chi connectivity index (χ1v) is 8.95. The molecule has 0 saturated carbocycles. The summed E-state index contributed by atoms with van der Waals surface area (Å²) in [5.74, 6) is 0.170. The normalized spacial score (nSPS) is 10.7. The maximum atomic E-state index is 12.2. The fourth-order valence-corrected chi connectivity index (χ4v) is 2.56. The summed E-state index contributed by atoms with van der Waals surface area (Å²) in [6.45, 7) is 0.378. The molecule has 1 amide bonds. The van der Waals surface area contributed by atoms with Crippen LogP contribution in [0.3, 0.4) is 0 Å². The number of hydrazone groups is 1. The second kappa shape index (κ2) is 9.48. The van der Waals surface area contributed by atoms with Crippen molar-refractivity contribution in [3.05, 3.63) is 105 Å². The monoisotopic (exact) mass is 409 g/mol. The number of ether oxygens (including phenoxy) is 1. The second-order valence-electron chi connectivity index (χ2n) is 5.95. The van der Waals surface area contributed by atoms with Gasteiger partial charge >= 0.3 is 0 Å². The third kappa shape index (κ3) is 5.63. The van der Waals surface area contributed by atoms with E-state index in [1.165, 1.54) is 12.3 Å². The zero-order chi connectivity index (χ0) is 20.6. The summed E-state index contributed by atoms with van der Waals surface area (Å²) in [5, 5.41) is 15.4. The largest absolute Gasteiger partial charge is 0.489 e. The lowest BCUT2D eigenvalue weighted by molar-refractivity contribution is -0.385.